The van der Waals surface area contributed by atoms with Crippen LogP contribution in [-0.4, -0.2) is 7.11 Å². The Morgan fingerprint density at radius 2 is 1.75 bits per heavy atom. The molecule has 0 aliphatic rings. The molecule has 2 rings (SSSR count). The van der Waals surface area contributed by atoms with Crippen LogP contribution in [0.3, 0.4) is 0 Å². The predicted octanol–water partition coefficient (Wildman–Crippen LogP) is 6.16. The summed E-state index contributed by atoms with van der Waals surface area (Å²) in [4.78, 5) is 0. The van der Waals surface area contributed by atoms with Gasteiger partial charge >= 0.3 is 0 Å². The van der Waals surface area contributed by atoms with Crippen LogP contribution in [0.4, 0.5) is 5.69 Å². The Bertz CT molecular complexity index is 616. The summed E-state index contributed by atoms with van der Waals surface area (Å²) in [5.74, 6) is 0.838. The second-order valence-corrected chi connectivity index (χ2v) is 7.01. The van der Waals surface area contributed by atoms with Crippen LogP contribution >= 0.6 is 47.8 Å². The van der Waals surface area contributed by atoms with Crippen LogP contribution in [0.15, 0.2) is 49.8 Å². The highest BCUT2D eigenvalue weighted by atomic mass is 79.9. The molecule has 1 atom stereocenters. The number of hydrogen-bond donors (Lipinski definition) is 1. The second kappa shape index (κ2) is 6.96. The molecule has 0 spiro atoms. The minimum Gasteiger partial charge on any atom is -0.496 e. The van der Waals surface area contributed by atoms with Gasteiger partial charge in [0.1, 0.15) is 5.75 Å². The standard InChI is InChI=1S/C15H14Br3NO/c1-9(10-3-6-15(20-2)13(18)7-10)19-14-8-11(16)4-5-12(14)17/h3-9,19H,1-2H3. The predicted molar refractivity (Wildman–Crippen MR) is 94.6 cm³/mol. The molecule has 20 heavy (non-hydrogen) atoms. The molecule has 0 amide bonds. The maximum atomic E-state index is 5.25. The first-order chi connectivity index (χ1) is 9.51. The molecule has 0 aliphatic carbocycles. The average molecular weight is 464 g/mol. The third-order valence-electron chi connectivity index (χ3n) is 2.98. The number of halogens is 3. The number of anilines is 1. The molecular formula is C15H14Br3NO. The van der Waals surface area contributed by atoms with Crippen molar-refractivity contribution < 1.29 is 4.74 Å². The fraction of sp³-hybridized carbons (Fsp3) is 0.200. The summed E-state index contributed by atoms with van der Waals surface area (Å²) < 4.78 is 8.30. The van der Waals surface area contributed by atoms with Crippen molar-refractivity contribution in [3.05, 3.63) is 55.4 Å². The van der Waals surface area contributed by atoms with Crippen molar-refractivity contribution >= 4 is 53.5 Å². The quantitative estimate of drug-likeness (QED) is 0.586. The molecule has 1 N–H and O–H groups in total. The lowest BCUT2D eigenvalue weighted by Crippen LogP contribution is -2.07. The van der Waals surface area contributed by atoms with Crippen LogP contribution in [-0.2, 0) is 0 Å². The Kier molecular flexibility index (Phi) is 5.52. The summed E-state index contributed by atoms with van der Waals surface area (Å²) >= 11 is 10.6. The molecule has 106 valence electrons. The van der Waals surface area contributed by atoms with E-state index in [4.69, 9.17) is 4.74 Å². The molecule has 2 aromatic rings. The minimum absolute atomic E-state index is 0.183. The van der Waals surface area contributed by atoms with Crippen molar-refractivity contribution in [1.29, 1.82) is 0 Å². The van der Waals surface area contributed by atoms with Crippen LogP contribution in [0, 0.1) is 0 Å². The van der Waals surface area contributed by atoms with Crippen molar-refractivity contribution in [3.63, 3.8) is 0 Å². The van der Waals surface area contributed by atoms with Crippen LogP contribution in [0.1, 0.15) is 18.5 Å². The summed E-state index contributed by atoms with van der Waals surface area (Å²) in [5.41, 5.74) is 2.24. The lowest BCUT2D eigenvalue weighted by Gasteiger charge is -2.18. The summed E-state index contributed by atoms with van der Waals surface area (Å²) in [7, 11) is 1.67. The molecule has 0 saturated carbocycles. The molecule has 0 radical (unpaired) electrons. The average Bonchev–Trinajstić information content (AvgIpc) is 2.42. The Hall–Kier alpha value is -0.520. The third kappa shape index (κ3) is 3.77. The Morgan fingerprint density at radius 1 is 1.00 bits per heavy atom. The number of hydrogen-bond acceptors (Lipinski definition) is 2. The maximum Gasteiger partial charge on any atom is 0.133 e. The smallest absolute Gasteiger partial charge is 0.133 e. The van der Waals surface area contributed by atoms with Gasteiger partial charge in [-0.1, -0.05) is 22.0 Å². The summed E-state index contributed by atoms with van der Waals surface area (Å²) in [6, 6.07) is 12.4. The summed E-state index contributed by atoms with van der Waals surface area (Å²) in [6.45, 7) is 2.13. The highest BCUT2D eigenvalue weighted by molar-refractivity contribution is 9.11. The topological polar surface area (TPSA) is 21.3 Å². The van der Waals surface area contributed by atoms with E-state index in [0.717, 1.165) is 24.9 Å². The monoisotopic (exact) mass is 461 g/mol. The maximum absolute atomic E-state index is 5.25. The summed E-state index contributed by atoms with van der Waals surface area (Å²) in [5, 5.41) is 3.49. The SMILES string of the molecule is COc1ccc(C(C)Nc2cc(Br)ccc2Br)cc1Br. The normalized spacial score (nSPS) is 12.1. The zero-order valence-corrected chi connectivity index (χ0v) is 15.8. The first-order valence-electron chi connectivity index (χ1n) is 6.06. The van der Waals surface area contributed by atoms with E-state index in [2.05, 4.69) is 78.2 Å². The van der Waals surface area contributed by atoms with Crippen molar-refractivity contribution in [2.24, 2.45) is 0 Å². The van der Waals surface area contributed by atoms with E-state index in [9.17, 15) is 0 Å². The van der Waals surface area contributed by atoms with E-state index >= 15 is 0 Å². The first kappa shape index (κ1) is 15.9. The van der Waals surface area contributed by atoms with Gasteiger partial charge in [-0.3, -0.25) is 0 Å². The van der Waals surface area contributed by atoms with Gasteiger partial charge in [0.05, 0.1) is 17.3 Å². The lowest BCUT2D eigenvalue weighted by molar-refractivity contribution is 0.412. The zero-order valence-electron chi connectivity index (χ0n) is 11.1. The largest absolute Gasteiger partial charge is 0.496 e. The fourth-order valence-corrected chi connectivity index (χ4v) is 3.16. The Morgan fingerprint density at radius 3 is 2.40 bits per heavy atom. The zero-order chi connectivity index (χ0) is 14.7. The van der Waals surface area contributed by atoms with Gasteiger partial charge < -0.3 is 10.1 Å². The molecule has 2 aromatic carbocycles. The van der Waals surface area contributed by atoms with Gasteiger partial charge in [-0.15, -0.1) is 0 Å². The number of ether oxygens (including phenoxy) is 1. The summed E-state index contributed by atoms with van der Waals surface area (Å²) in [6.07, 6.45) is 0. The Balaban J connectivity index is 2.21. The molecule has 0 saturated heterocycles. The first-order valence-corrected chi connectivity index (χ1v) is 8.44. The molecule has 5 heteroatoms. The van der Waals surface area contributed by atoms with Gasteiger partial charge in [-0.25, -0.2) is 0 Å². The molecule has 0 fully saturated rings. The van der Waals surface area contributed by atoms with Crippen molar-refractivity contribution in [1.82, 2.24) is 0 Å². The van der Waals surface area contributed by atoms with Crippen molar-refractivity contribution in [3.8, 4) is 5.75 Å². The highest BCUT2D eigenvalue weighted by Crippen LogP contribution is 2.32. The van der Waals surface area contributed by atoms with Crippen LogP contribution in [0.2, 0.25) is 0 Å². The number of nitrogens with one attached hydrogen (secondary N) is 1. The van der Waals surface area contributed by atoms with E-state index in [1.165, 1.54) is 5.56 Å². The number of benzene rings is 2. The van der Waals surface area contributed by atoms with Crippen LogP contribution in [0.25, 0.3) is 0 Å². The minimum atomic E-state index is 0.183. The van der Waals surface area contributed by atoms with Gasteiger partial charge in [-0.05, 0) is 74.7 Å². The second-order valence-electron chi connectivity index (χ2n) is 4.38. The van der Waals surface area contributed by atoms with Gasteiger partial charge in [-0.2, -0.15) is 0 Å². The van der Waals surface area contributed by atoms with Crippen LogP contribution < -0.4 is 10.1 Å². The van der Waals surface area contributed by atoms with E-state index in [-0.39, 0.29) is 6.04 Å². The van der Waals surface area contributed by atoms with E-state index in [1.54, 1.807) is 7.11 Å². The van der Waals surface area contributed by atoms with Gasteiger partial charge in [0.25, 0.3) is 0 Å². The van der Waals surface area contributed by atoms with E-state index in [1.807, 2.05) is 18.2 Å². The molecule has 0 heterocycles. The van der Waals surface area contributed by atoms with Gasteiger partial charge in [0.15, 0.2) is 0 Å². The molecule has 0 bridgehead atoms. The van der Waals surface area contributed by atoms with E-state index < -0.39 is 0 Å². The fourth-order valence-electron chi connectivity index (χ4n) is 1.88. The number of rotatable bonds is 4. The van der Waals surface area contributed by atoms with Gasteiger partial charge in [0.2, 0.25) is 0 Å². The number of methoxy groups -OCH3 is 1. The van der Waals surface area contributed by atoms with Crippen LogP contribution in [0.5, 0.6) is 5.75 Å². The molecule has 0 aromatic heterocycles. The molecular weight excluding hydrogens is 450 g/mol. The molecule has 0 aliphatic heterocycles. The van der Waals surface area contributed by atoms with Gasteiger partial charge in [0, 0.05) is 15.0 Å². The van der Waals surface area contributed by atoms with Crippen molar-refractivity contribution in [2.75, 3.05) is 12.4 Å². The molecule has 1 unspecified atom stereocenters. The third-order valence-corrected chi connectivity index (χ3v) is 4.78. The lowest BCUT2D eigenvalue weighted by atomic mass is 10.1. The Labute approximate surface area is 144 Å². The molecule has 2 nitrogen and oxygen atoms in total. The van der Waals surface area contributed by atoms with E-state index in [0.29, 0.717) is 0 Å². The highest BCUT2D eigenvalue weighted by Gasteiger charge is 2.10. The van der Waals surface area contributed by atoms with Crippen molar-refractivity contribution in [2.45, 2.75) is 13.0 Å².